The number of nitrogens with one attached hydrogen (secondary N) is 1. The lowest BCUT2D eigenvalue weighted by molar-refractivity contribution is 0.224. The molecule has 0 aliphatic carbocycles. The second-order valence-electron chi connectivity index (χ2n) is 8.00. The minimum Gasteiger partial charge on any atom is -0.383 e. The highest BCUT2D eigenvalue weighted by atomic mass is 15.4. The van der Waals surface area contributed by atoms with Gasteiger partial charge in [-0.3, -0.25) is 4.98 Å². The van der Waals surface area contributed by atoms with E-state index in [2.05, 4.69) is 48.9 Å². The van der Waals surface area contributed by atoms with Gasteiger partial charge in [0, 0.05) is 37.3 Å². The maximum atomic E-state index is 9.40. The summed E-state index contributed by atoms with van der Waals surface area (Å²) in [7, 11) is 0. The SMILES string of the molecule is CC(C)C1CN(c2cc(N)nc(N)n2)CCN1/C(=N\C#N)Nc1cccc2ncccc12. The Hall–Kier alpha value is -4.13. The van der Waals surface area contributed by atoms with Crippen LogP contribution in [0.15, 0.2) is 47.6 Å². The quantitative estimate of drug-likeness (QED) is 0.323. The van der Waals surface area contributed by atoms with Crippen molar-refractivity contribution in [2.75, 3.05) is 41.3 Å². The van der Waals surface area contributed by atoms with E-state index in [0.717, 1.165) is 16.6 Å². The van der Waals surface area contributed by atoms with Gasteiger partial charge in [-0.15, -0.1) is 4.99 Å². The van der Waals surface area contributed by atoms with Crippen molar-refractivity contribution < 1.29 is 0 Å². The number of aromatic nitrogens is 3. The maximum absolute atomic E-state index is 9.40. The number of hydrogen-bond donors (Lipinski definition) is 3. The van der Waals surface area contributed by atoms with Crippen LogP contribution in [-0.4, -0.2) is 51.5 Å². The molecule has 164 valence electrons. The van der Waals surface area contributed by atoms with E-state index in [1.54, 1.807) is 12.3 Å². The standard InChI is InChI=1S/C22H26N10/c1-14(2)18-12-31(20-11-19(24)29-21(25)30-20)9-10-32(18)22(27-13-23)28-17-7-3-6-16-15(17)5-4-8-26-16/h3-8,11,14,18H,9-10,12H2,1-2H3,(H,27,28)(H4,24,25,29,30). The van der Waals surface area contributed by atoms with Gasteiger partial charge in [-0.1, -0.05) is 19.9 Å². The molecule has 0 amide bonds. The van der Waals surface area contributed by atoms with Gasteiger partial charge in [0.25, 0.3) is 0 Å². The Labute approximate surface area is 186 Å². The van der Waals surface area contributed by atoms with E-state index in [9.17, 15) is 5.26 Å². The summed E-state index contributed by atoms with van der Waals surface area (Å²) in [6, 6.07) is 11.5. The van der Waals surface area contributed by atoms with E-state index >= 15 is 0 Å². The van der Waals surface area contributed by atoms with E-state index in [1.807, 2.05) is 36.5 Å². The zero-order chi connectivity index (χ0) is 22.7. The van der Waals surface area contributed by atoms with Gasteiger partial charge >= 0.3 is 0 Å². The second kappa shape index (κ2) is 8.93. The molecule has 32 heavy (non-hydrogen) atoms. The smallest absolute Gasteiger partial charge is 0.223 e. The monoisotopic (exact) mass is 430 g/mol. The Bertz CT molecular complexity index is 1160. The molecular weight excluding hydrogens is 404 g/mol. The topological polar surface area (TPSA) is 145 Å². The summed E-state index contributed by atoms with van der Waals surface area (Å²) in [4.78, 5) is 21.1. The number of pyridine rings is 1. The largest absolute Gasteiger partial charge is 0.383 e. The number of nitrogens with zero attached hydrogens (tertiary/aromatic N) is 7. The van der Waals surface area contributed by atoms with Crippen LogP contribution >= 0.6 is 0 Å². The molecule has 3 aromatic rings. The Morgan fingerprint density at radius 2 is 2.06 bits per heavy atom. The molecule has 1 fully saturated rings. The van der Waals surface area contributed by atoms with Crippen LogP contribution in [0.4, 0.5) is 23.3 Å². The van der Waals surface area contributed by atoms with Gasteiger partial charge in [-0.25, -0.2) is 0 Å². The van der Waals surface area contributed by atoms with Crippen molar-refractivity contribution in [3.8, 4) is 6.19 Å². The minimum atomic E-state index is 0.0777. The van der Waals surface area contributed by atoms with Crippen LogP contribution < -0.4 is 21.7 Å². The number of hydrogen-bond acceptors (Lipinski definition) is 8. The Morgan fingerprint density at radius 3 is 2.81 bits per heavy atom. The zero-order valence-corrected chi connectivity index (χ0v) is 18.1. The second-order valence-corrected chi connectivity index (χ2v) is 8.00. The molecule has 1 saturated heterocycles. The van der Waals surface area contributed by atoms with Crippen molar-refractivity contribution >= 4 is 40.1 Å². The number of aliphatic imine (C=N–C) groups is 1. The molecule has 1 unspecified atom stereocenters. The summed E-state index contributed by atoms with van der Waals surface area (Å²) in [5.74, 6) is 2.00. The molecule has 1 atom stereocenters. The molecule has 1 aliphatic heterocycles. The van der Waals surface area contributed by atoms with E-state index in [-0.39, 0.29) is 17.9 Å². The maximum Gasteiger partial charge on any atom is 0.223 e. The van der Waals surface area contributed by atoms with Gasteiger partial charge in [-0.2, -0.15) is 15.2 Å². The number of nitriles is 1. The third-order valence-electron chi connectivity index (χ3n) is 5.58. The van der Waals surface area contributed by atoms with Gasteiger partial charge in [0.15, 0.2) is 0 Å². The highest BCUT2D eigenvalue weighted by Gasteiger charge is 2.32. The number of benzene rings is 1. The summed E-state index contributed by atoms with van der Waals surface area (Å²) >= 11 is 0. The molecule has 10 heteroatoms. The summed E-state index contributed by atoms with van der Waals surface area (Å²) in [5, 5.41) is 13.7. The fraction of sp³-hybridized carbons (Fsp3) is 0.318. The van der Waals surface area contributed by atoms with Crippen LogP contribution in [0.1, 0.15) is 13.8 Å². The summed E-state index contributed by atoms with van der Waals surface area (Å²) < 4.78 is 0. The number of piperazine rings is 1. The first-order valence-corrected chi connectivity index (χ1v) is 10.5. The first kappa shape index (κ1) is 21.1. The zero-order valence-electron chi connectivity index (χ0n) is 18.1. The number of rotatable bonds is 3. The first-order chi connectivity index (χ1) is 15.5. The van der Waals surface area contributed by atoms with E-state index in [4.69, 9.17) is 11.5 Å². The van der Waals surface area contributed by atoms with Crippen molar-refractivity contribution in [3.05, 3.63) is 42.6 Å². The lowest BCUT2D eigenvalue weighted by atomic mass is 9.99. The molecule has 1 aliphatic rings. The van der Waals surface area contributed by atoms with Crippen molar-refractivity contribution in [1.82, 2.24) is 19.9 Å². The van der Waals surface area contributed by atoms with E-state index in [1.165, 1.54) is 0 Å². The Balaban J connectivity index is 1.62. The predicted molar refractivity (Wildman–Crippen MR) is 127 cm³/mol. The Kier molecular flexibility index (Phi) is 5.89. The molecule has 10 nitrogen and oxygen atoms in total. The summed E-state index contributed by atoms with van der Waals surface area (Å²) in [6.45, 7) is 6.29. The van der Waals surface area contributed by atoms with Crippen LogP contribution in [0.5, 0.6) is 0 Å². The van der Waals surface area contributed by atoms with Crippen molar-refractivity contribution in [2.24, 2.45) is 10.9 Å². The fourth-order valence-electron chi connectivity index (χ4n) is 4.03. The molecule has 3 heterocycles. The average Bonchev–Trinajstić information content (AvgIpc) is 2.78. The molecule has 4 rings (SSSR count). The third-order valence-corrected chi connectivity index (χ3v) is 5.58. The highest BCUT2D eigenvalue weighted by Crippen LogP contribution is 2.26. The van der Waals surface area contributed by atoms with Crippen molar-refractivity contribution in [2.45, 2.75) is 19.9 Å². The lowest BCUT2D eigenvalue weighted by Gasteiger charge is -2.45. The van der Waals surface area contributed by atoms with Crippen molar-refractivity contribution in [1.29, 1.82) is 5.26 Å². The number of nitrogen functional groups attached to an aromatic ring is 2. The first-order valence-electron chi connectivity index (χ1n) is 10.5. The molecule has 0 bridgehead atoms. The van der Waals surface area contributed by atoms with Crippen LogP contribution in [0.2, 0.25) is 0 Å². The van der Waals surface area contributed by atoms with Crippen molar-refractivity contribution in [3.63, 3.8) is 0 Å². The van der Waals surface area contributed by atoms with Crippen LogP contribution in [0.25, 0.3) is 10.9 Å². The Morgan fingerprint density at radius 1 is 1.22 bits per heavy atom. The van der Waals surface area contributed by atoms with Gasteiger partial charge in [-0.05, 0) is 30.2 Å². The molecular formula is C22H26N10. The number of guanidine groups is 1. The van der Waals surface area contributed by atoms with Crippen LogP contribution in [0, 0.1) is 17.4 Å². The molecule has 0 radical (unpaired) electrons. The molecule has 0 saturated carbocycles. The molecule has 2 aromatic heterocycles. The highest BCUT2D eigenvalue weighted by molar-refractivity contribution is 6.02. The van der Waals surface area contributed by atoms with Gasteiger partial charge in [0.2, 0.25) is 18.1 Å². The van der Waals surface area contributed by atoms with E-state index in [0.29, 0.717) is 37.2 Å². The normalized spacial score (nSPS) is 16.9. The van der Waals surface area contributed by atoms with Gasteiger partial charge in [0.05, 0.1) is 17.2 Å². The summed E-state index contributed by atoms with van der Waals surface area (Å²) in [6.07, 6.45) is 3.71. The lowest BCUT2D eigenvalue weighted by Crippen LogP contribution is -2.58. The molecule has 0 spiro atoms. The minimum absolute atomic E-state index is 0.0777. The third kappa shape index (κ3) is 4.32. The van der Waals surface area contributed by atoms with Crippen LogP contribution in [0.3, 0.4) is 0 Å². The number of fused-ring (bicyclic) bond motifs is 1. The number of anilines is 4. The molecule has 5 N–H and O–H groups in total. The average molecular weight is 431 g/mol. The van der Waals surface area contributed by atoms with E-state index < -0.39 is 0 Å². The summed E-state index contributed by atoms with van der Waals surface area (Å²) in [5.41, 5.74) is 13.4. The number of nitrogens with two attached hydrogens (primary N) is 2. The van der Waals surface area contributed by atoms with Gasteiger partial charge < -0.3 is 26.6 Å². The molecule has 1 aromatic carbocycles. The predicted octanol–water partition coefficient (Wildman–Crippen LogP) is 2.28. The van der Waals surface area contributed by atoms with Crippen LogP contribution in [-0.2, 0) is 0 Å². The fourth-order valence-corrected chi connectivity index (χ4v) is 4.03. The van der Waals surface area contributed by atoms with Gasteiger partial charge in [0.1, 0.15) is 11.6 Å².